The summed E-state index contributed by atoms with van der Waals surface area (Å²) in [5.74, 6) is 1.35. The van der Waals surface area contributed by atoms with Crippen LogP contribution in [-0.4, -0.2) is 16.5 Å². The van der Waals surface area contributed by atoms with Gasteiger partial charge in [-0.3, -0.25) is 4.98 Å². The van der Waals surface area contributed by atoms with Crippen LogP contribution in [0.2, 0.25) is 0 Å². The molecule has 0 saturated heterocycles. The van der Waals surface area contributed by atoms with Crippen LogP contribution in [0.3, 0.4) is 0 Å². The Hall–Kier alpha value is -1.94. The second-order valence-corrected chi connectivity index (χ2v) is 4.40. The van der Waals surface area contributed by atoms with Gasteiger partial charge >= 0.3 is 0 Å². The third-order valence-corrected chi connectivity index (χ3v) is 2.85. The van der Waals surface area contributed by atoms with Crippen molar-refractivity contribution in [3.05, 3.63) is 47.4 Å². The van der Waals surface area contributed by atoms with E-state index in [0.717, 1.165) is 35.5 Å². The molecule has 2 N–H and O–H groups in total. The molecule has 2 rings (SSSR count). The van der Waals surface area contributed by atoms with Crippen LogP contribution >= 0.6 is 0 Å². The number of nitrogens with two attached hydrogens (primary N) is 1. The second kappa shape index (κ2) is 6.29. The standard InChI is InChI=1S/C15H19N3O/c1-3-13-14(6-4-11(2)18-13)19-15-7-5-12(8-9-16)10-17-15/h4-7,10H,3,8-9,16H2,1-2H3. The van der Waals surface area contributed by atoms with E-state index in [9.17, 15) is 0 Å². The topological polar surface area (TPSA) is 61.0 Å². The minimum Gasteiger partial charge on any atom is -0.437 e. The smallest absolute Gasteiger partial charge is 0.219 e. The van der Waals surface area contributed by atoms with Gasteiger partial charge in [0.15, 0.2) is 5.75 Å². The van der Waals surface area contributed by atoms with Gasteiger partial charge in [-0.05, 0) is 44.0 Å². The third-order valence-electron chi connectivity index (χ3n) is 2.85. The SMILES string of the molecule is CCc1nc(C)ccc1Oc1ccc(CCN)cn1. The van der Waals surface area contributed by atoms with Crippen LogP contribution in [0.5, 0.6) is 11.6 Å². The average molecular weight is 257 g/mol. The van der Waals surface area contributed by atoms with E-state index in [0.29, 0.717) is 12.4 Å². The molecular weight excluding hydrogens is 238 g/mol. The van der Waals surface area contributed by atoms with Crippen molar-refractivity contribution >= 4 is 0 Å². The van der Waals surface area contributed by atoms with Gasteiger partial charge in [-0.2, -0.15) is 0 Å². The molecule has 0 spiro atoms. The van der Waals surface area contributed by atoms with Gasteiger partial charge in [0.25, 0.3) is 0 Å². The van der Waals surface area contributed by atoms with Crippen LogP contribution in [0.4, 0.5) is 0 Å². The van der Waals surface area contributed by atoms with Crippen LogP contribution in [0.1, 0.15) is 23.9 Å². The molecule has 0 atom stereocenters. The zero-order valence-electron chi connectivity index (χ0n) is 11.4. The summed E-state index contributed by atoms with van der Waals surface area (Å²) < 4.78 is 5.78. The highest BCUT2D eigenvalue weighted by atomic mass is 16.5. The Kier molecular flexibility index (Phi) is 4.47. The molecule has 0 amide bonds. The Morgan fingerprint density at radius 1 is 1.21 bits per heavy atom. The molecule has 0 unspecified atom stereocenters. The second-order valence-electron chi connectivity index (χ2n) is 4.40. The highest BCUT2D eigenvalue weighted by molar-refractivity contribution is 5.33. The van der Waals surface area contributed by atoms with Crippen molar-refractivity contribution in [1.82, 2.24) is 9.97 Å². The predicted molar refractivity (Wildman–Crippen MR) is 75.4 cm³/mol. The van der Waals surface area contributed by atoms with Gasteiger partial charge in [0.2, 0.25) is 5.88 Å². The number of aromatic nitrogens is 2. The maximum atomic E-state index is 5.78. The molecule has 0 aliphatic carbocycles. The highest BCUT2D eigenvalue weighted by Gasteiger charge is 2.06. The number of nitrogens with zero attached hydrogens (tertiary/aromatic N) is 2. The van der Waals surface area contributed by atoms with E-state index in [1.54, 1.807) is 6.20 Å². The Labute approximate surface area is 113 Å². The predicted octanol–water partition coefficient (Wildman–Crippen LogP) is 2.64. The van der Waals surface area contributed by atoms with Gasteiger partial charge in [0.1, 0.15) is 0 Å². The molecule has 0 aliphatic rings. The number of rotatable bonds is 5. The Morgan fingerprint density at radius 2 is 2.05 bits per heavy atom. The van der Waals surface area contributed by atoms with Crippen molar-refractivity contribution < 1.29 is 4.74 Å². The lowest BCUT2D eigenvalue weighted by Crippen LogP contribution is -2.03. The molecular formula is C15H19N3O. The van der Waals surface area contributed by atoms with Crippen molar-refractivity contribution in [3.8, 4) is 11.6 Å². The number of ether oxygens (including phenoxy) is 1. The van der Waals surface area contributed by atoms with Crippen molar-refractivity contribution in [2.45, 2.75) is 26.7 Å². The largest absolute Gasteiger partial charge is 0.437 e. The van der Waals surface area contributed by atoms with Crippen molar-refractivity contribution in [1.29, 1.82) is 0 Å². The number of hydrogen-bond donors (Lipinski definition) is 1. The quantitative estimate of drug-likeness (QED) is 0.894. The number of pyridine rings is 2. The summed E-state index contributed by atoms with van der Waals surface area (Å²) >= 11 is 0. The van der Waals surface area contributed by atoms with E-state index in [1.165, 1.54) is 0 Å². The fourth-order valence-electron chi connectivity index (χ4n) is 1.84. The van der Waals surface area contributed by atoms with Crippen molar-refractivity contribution in [3.63, 3.8) is 0 Å². The minimum absolute atomic E-state index is 0.584. The van der Waals surface area contributed by atoms with E-state index >= 15 is 0 Å². The molecule has 2 aromatic heterocycles. The molecule has 100 valence electrons. The van der Waals surface area contributed by atoms with E-state index in [1.807, 2.05) is 31.2 Å². The first-order chi connectivity index (χ1) is 9.22. The molecule has 19 heavy (non-hydrogen) atoms. The van der Waals surface area contributed by atoms with Crippen LogP contribution < -0.4 is 10.5 Å². The molecule has 2 heterocycles. The fourth-order valence-corrected chi connectivity index (χ4v) is 1.84. The van der Waals surface area contributed by atoms with E-state index in [4.69, 9.17) is 10.5 Å². The van der Waals surface area contributed by atoms with E-state index < -0.39 is 0 Å². The molecule has 0 aromatic carbocycles. The zero-order valence-corrected chi connectivity index (χ0v) is 11.4. The van der Waals surface area contributed by atoms with Gasteiger partial charge in [0.05, 0.1) is 5.69 Å². The summed E-state index contributed by atoms with van der Waals surface area (Å²) in [5.41, 5.74) is 8.57. The van der Waals surface area contributed by atoms with Gasteiger partial charge in [-0.15, -0.1) is 0 Å². The summed E-state index contributed by atoms with van der Waals surface area (Å²) in [7, 11) is 0. The molecule has 0 saturated carbocycles. The molecule has 0 radical (unpaired) electrons. The van der Waals surface area contributed by atoms with Crippen molar-refractivity contribution in [2.75, 3.05) is 6.54 Å². The molecule has 2 aromatic rings. The Bertz CT molecular complexity index is 538. The summed E-state index contributed by atoms with van der Waals surface area (Å²) in [6.45, 7) is 4.67. The zero-order chi connectivity index (χ0) is 13.7. The molecule has 0 fully saturated rings. The monoisotopic (exact) mass is 257 g/mol. The molecule has 4 heteroatoms. The molecule has 4 nitrogen and oxygen atoms in total. The van der Waals surface area contributed by atoms with Crippen LogP contribution in [-0.2, 0) is 12.8 Å². The van der Waals surface area contributed by atoms with Crippen molar-refractivity contribution in [2.24, 2.45) is 5.73 Å². The summed E-state index contributed by atoms with van der Waals surface area (Å²) in [6, 6.07) is 7.74. The maximum absolute atomic E-state index is 5.78. The molecule has 0 bridgehead atoms. The number of aryl methyl sites for hydroxylation is 2. The first-order valence-electron chi connectivity index (χ1n) is 6.52. The van der Waals surface area contributed by atoms with Gasteiger partial charge in [-0.25, -0.2) is 4.98 Å². The van der Waals surface area contributed by atoms with Crippen LogP contribution in [0, 0.1) is 6.92 Å². The average Bonchev–Trinajstić information content (AvgIpc) is 2.43. The Morgan fingerprint density at radius 3 is 2.68 bits per heavy atom. The molecule has 0 aliphatic heterocycles. The van der Waals surface area contributed by atoms with E-state index in [-0.39, 0.29) is 0 Å². The summed E-state index contributed by atoms with van der Waals surface area (Å²) in [6.07, 6.45) is 3.47. The first-order valence-corrected chi connectivity index (χ1v) is 6.52. The summed E-state index contributed by atoms with van der Waals surface area (Å²) in [4.78, 5) is 8.75. The highest BCUT2D eigenvalue weighted by Crippen LogP contribution is 2.23. The van der Waals surface area contributed by atoms with Gasteiger partial charge in [0, 0.05) is 18.0 Å². The third kappa shape index (κ3) is 3.51. The van der Waals surface area contributed by atoms with E-state index in [2.05, 4.69) is 16.9 Å². The lowest BCUT2D eigenvalue weighted by molar-refractivity contribution is 0.453. The number of hydrogen-bond acceptors (Lipinski definition) is 4. The maximum Gasteiger partial charge on any atom is 0.219 e. The van der Waals surface area contributed by atoms with Crippen LogP contribution in [0.15, 0.2) is 30.5 Å². The van der Waals surface area contributed by atoms with Gasteiger partial charge < -0.3 is 10.5 Å². The normalized spacial score (nSPS) is 10.5. The first kappa shape index (κ1) is 13.5. The lowest BCUT2D eigenvalue weighted by Gasteiger charge is -2.09. The van der Waals surface area contributed by atoms with Crippen LogP contribution in [0.25, 0.3) is 0 Å². The fraction of sp³-hybridized carbons (Fsp3) is 0.333. The van der Waals surface area contributed by atoms with Gasteiger partial charge in [-0.1, -0.05) is 13.0 Å². The Balaban J connectivity index is 2.16. The lowest BCUT2D eigenvalue weighted by atomic mass is 10.2. The minimum atomic E-state index is 0.584. The summed E-state index contributed by atoms with van der Waals surface area (Å²) in [5, 5.41) is 0.